The Balaban J connectivity index is 2.53. The summed E-state index contributed by atoms with van der Waals surface area (Å²) in [5, 5.41) is 5.28. The lowest BCUT2D eigenvalue weighted by molar-refractivity contribution is 0.404. The molecule has 2 nitrogen and oxygen atoms in total. The average molecular weight is 345 g/mol. The smallest absolute Gasteiger partial charge is 0.125 e. The minimum atomic E-state index is -0.0908. The summed E-state index contributed by atoms with van der Waals surface area (Å²) in [4.78, 5) is 0. The molecule has 0 aliphatic rings. The first-order valence-corrected chi connectivity index (χ1v) is 7.72. The first-order valence-electron chi connectivity index (χ1n) is 6.58. The zero-order chi connectivity index (χ0) is 15.4. The van der Waals surface area contributed by atoms with Crippen molar-refractivity contribution in [3.8, 4) is 5.75 Å². The second-order valence-electron chi connectivity index (χ2n) is 4.54. The Morgan fingerprint density at radius 3 is 2.19 bits per heavy atom. The van der Waals surface area contributed by atoms with Crippen molar-refractivity contribution < 1.29 is 4.74 Å². The molecule has 0 spiro atoms. The van der Waals surface area contributed by atoms with Gasteiger partial charge in [0.2, 0.25) is 0 Å². The Morgan fingerprint density at radius 2 is 1.62 bits per heavy atom. The number of halogens is 3. The summed E-state index contributed by atoms with van der Waals surface area (Å²) >= 11 is 18.4. The SMILES string of the molecule is CCNC(c1ccc(Cl)cc1Cl)c1ccc(Cl)cc1OC. The molecule has 0 radical (unpaired) electrons. The van der Waals surface area contributed by atoms with Gasteiger partial charge in [0.25, 0.3) is 0 Å². The predicted molar refractivity (Wildman–Crippen MR) is 90.0 cm³/mol. The van der Waals surface area contributed by atoms with Crippen LogP contribution in [0.15, 0.2) is 36.4 Å². The van der Waals surface area contributed by atoms with E-state index in [0.717, 1.165) is 23.4 Å². The van der Waals surface area contributed by atoms with E-state index < -0.39 is 0 Å². The molecule has 0 aliphatic heterocycles. The molecule has 5 heteroatoms. The lowest BCUT2D eigenvalue weighted by Gasteiger charge is -2.22. The summed E-state index contributed by atoms with van der Waals surface area (Å²) < 4.78 is 5.44. The fourth-order valence-electron chi connectivity index (χ4n) is 2.25. The van der Waals surface area contributed by atoms with Crippen LogP contribution >= 0.6 is 34.8 Å². The van der Waals surface area contributed by atoms with Gasteiger partial charge in [0.05, 0.1) is 13.2 Å². The van der Waals surface area contributed by atoms with E-state index in [-0.39, 0.29) is 6.04 Å². The molecule has 0 heterocycles. The van der Waals surface area contributed by atoms with Crippen LogP contribution in [0, 0.1) is 0 Å². The summed E-state index contributed by atoms with van der Waals surface area (Å²) in [6.07, 6.45) is 0. The molecule has 0 saturated heterocycles. The van der Waals surface area contributed by atoms with Gasteiger partial charge in [-0.1, -0.05) is 53.9 Å². The maximum absolute atomic E-state index is 6.35. The Kier molecular flexibility index (Phi) is 5.77. The van der Waals surface area contributed by atoms with Crippen molar-refractivity contribution >= 4 is 34.8 Å². The number of ether oxygens (including phenoxy) is 1. The van der Waals surface area contributed by atoms with Crippen molar-refractivity contribution in [2.24, 2.45) is 0 Å². The third-order valence-corrected chi connectivity index (χ3v) is 3.99. The number of hydrogen-bond donors (Lipinski definition) is 1. The lowest BCUT2D eigenvalue weighted by atomic mass is 9.97. The molecule has 1 N–H and O–H groups in total. The molecule has 0 bridgehead atoms. The second-order valence-corrected chi connectivity index (χ2v) is 5.82. The minimum absolute atomic E-state index is 0.0908. The molecular formula is C16H16Cl3NO. The van der Waals surface area contributed by atoms with E-state index in [2.05, 4.69) is 5.32 Å². The van der Waals surface area contributed by atoms with E-state index >= 15 is 0 Å². The van der Waals surface area contributed by atoms with E-state index in [0.29, 0.717) is 15.1 Å². The van der Waals surface area contributed by atoms with Crippen LogP contribution < -0.4 is 10.1 Å². The number of nitrogens with one attached hydrogen (secondary N) is 1. The van der Waals surface area contributed by atoms with Crippen molar-refractivity contribution in [2.45, 2.75) is 13.0 Å². The third-order valence-electron chi connectivity index (χ3n) is 3.19. The molecule has 0 amide bonds. The van der Waals surface area contributed by atoms with Gasteiger partial charge in [-0.15, -0.1) is 0 Å². The third kappa shape index (κ3) is 3.83. The van der Waals surface area contributed by atoms with Crippen molar-refractivity contribution in [3.05, 3.63) is 62.6 Å². The Labute approximate surface area is 140 Å². The standard InChI is InChI=1S/C16H16Cl3NO/c1-3-20-16(12-6-4-10(17)8-14(12)19)13-7-5-11(18)9-15(13)21-2/h4-9,16,20H,3H2,1-2H3. The highest BCUT2D eigenvalue weighted by atomic mass is 35.5. The van der Waals surface area contributed by atoms with Gasteiger partial charge in [0.1, 0.15) is 5.75 Å². The zero-order valence-corrected chi connectivity index (χ0v) is 14.1. The van der Waals surface area contributed by atoms with Crippen LogP contribution in [0.25, 0.3) is 0 Å². The molecule has 112 valence electrons. The number of hydrogen-bond acceptors (Lipinski definition) is 2. The summed E-state index contributed by atoms with van der Waals surface area (Å²) in [6.45, 7) is 2.83. The van der Waals surface area contributed by atoms with Gasteiger partial charge in [-0.3, -0.25) is 0 Å². The quantitative estimate of drug-likeness (QED) is 0.789. The van der Waals surface area contributed by atoms with E-state index in [1.165, 1.54) is 0 Å². The summed E-state index contributed by atoms with van der Waals surface area (Å²) in [5.74, 6) is 0.722. The fourth-order valence-corrected chi connectivity index (χ4v) is 2.93. The number of methoxy groups -OCH3 is 1. The first kappa shape index (κ1) is 16.4. The Morgan fingerprint density at radius 1 is 1.00 bits per heavy atom. The van der Waals surface area contributed by atoms with Crippen LogP contribution in [0.5, 0.6) is 5.75 Å². The van der Waals surface area contributed by atoms with Gasteiger partial charge in [-0.2, -0.15) is 0 Å². The van der Waals surface area contributed by atoms with Gasteiger partial charge >= 0.3 is 0 Å². The Bertz CT molecular complexity index is 631. The largest absolute Gasteiger partial charge is 0.496 e. The van der Waals surface area contributed by atoms with Gasteiger partial charge in [-0.05, 0) is 36.4 Å². The molecule has 2 rings (SSSR count). The van der Waals surface area contributed by atoms with Crippen molar-refractivity contribution in [1.29, 1.82) is 0 Å². The number of rotatable bonds is 5. The van der Waals surface area contributed by atoms with E-state index in [1.807, 2.05) is 31.2 Å². The van der Waals surface area contributed by atoms with Crippen molar-refractivity contribution in [1.82, 2.24) is 5.32 Å². The summed E-state index contributed by atoms with van der Waals surface area (Å²) in [7, 11) is 1.63. The highest BCUT2D eigenvalue weighted by Gasteiger charge is 2.20. The maximum Gasteiger partial charge on any atom is 0.125 e. The number of benzene rings is 2. The molecule has 0 aliphatic carbocycles. The van der Waals surface area contributed by atoms with E-state index in [1.54, 1.807) is 19.2 Å². The second kappa shape index (κ2) is 7.37. The van der Waals surface area contributed by atoms with Crippen molar-refractivity contribution in [3.63, 3.8) is 0 Å². The molecule has 2 aromatic carbocycles. The molecule has 2 aromatic rings. The lowest BCUT2D eigenvalue weighted by Crippen LogP contribution is -2.22. The topological polar surface area (TPSA) is 21.3 Å². The van der Waals surface area contributed by atoms with E-state index in [4.69, 9.17) is 39.5 Å². The van der Waals surface area contributed by atoms with Crippen LogP contribution in [-0.2, 0) is 0 Å². The summed E-state index contributed by atoms with van der Waals surface area (Å²) in [6, 6.07) is 11.0. The molecule has 0 aromatic heterocycles. The monoisotopic (exact) mass is 343 g/mol. The molecular weight excluding hydrogens is 329 g/mol. The van der Waals surface area contributed by atoms with E-state index in [9.17, 15) is 0 Å². The zero-order valence-electron chi connectivity index (χ0n) is 11.8. The normalized spacial score (nSPS) is 12.2. The molecule has 1 unspecified atom stereocenters. The van der Waals surface area contributed by atoms with Gasteiger partial charge < -0.3 is 10.1 Å². The molecule has 0 saturated carbocycles. The predicted octanol–water partition coefficient (Wildman–Crippen LogP) is 5.35. The molecule has 1 atom stereocenters. The average Bonchev–Trinajstić information content (AvgIpc) is 2.45. The van der Waals surface area contributed by atoms with Crippen LogP contribution in [0.1, 0.15) is 24.1 Å². The molecule has 21 heavy (non-hydrogen) atoms. The maximum atomic E-state index is 6.35. The fraction of sp³-hybridized carbons (Fsp3) is 0.250. The Hall–Kier alpha value is -0.930. The van der Waals surface area contributed by atoms with Gasteiger partial charge in [-0.25, -0.2) is 0 Å². The minimum Gasteiger partial charge on any atom is -0.496 e. The van der Waals surface area contributed by atoms with Gasteiger partial charge in [0, 0.05) is 20.6 Å². The van der Waals surface area contributed by atoms with Crippen LogP contribution in [-0.4, -0.2) is 13.7 Å². The molecule has 0 fully saturated rings. The van der Waals surface area contributed by atoms with Crippen LogP contribution in [0.4, 0.5) is 0 Å². The first-order chi connectivity index (χ1) is 10.1. The van der Waals surface area contributed by atoms with Gasteiger partial charge in [0.15, 0.2) is 0 Å². The van der Waals surface area contributed by atoms with Crippen LogP contribution in [0.2, 0.25) is 15.1 Å². The summed E-state index contributed by atoms with van der Waals surface area (Å²) in [5.41, 5.74) is 1.93. The van der Waals surface area contributed by atoms with Crippen molar-refractivity contribution in [2.75, 3.05) is 13.7 Å². The van der Waals surface area contributed by atoms with Crippen LogP contribution in [0.3, 0.4) is 0 Å². The highest BCUT2D eigenvalue weighted by Crippen LogP contribution is 2.36. The highest BCUT2D eigenvalue weighted by molar-refractivity contribution is 6.35.